The van der Waals surface area contributed by atoms with Crippen molar-refractivity contribution in [2.45, 2.75) is 46.1 Å². The number of esters is 1. The van der Waals surface area contributed by atoms with Gasteiger partial charge in [0, 0.05) is 5.41 Å². The van der Waals surface area contributed by atoms with Crippen LogP contribution in [-0.2, 0) is 25.7 Å². The minimum absolute atomic E-state index is 0.0288. The highest BCUT2D eigenvalue weighted by Crippen LogP contribution is 2.34. The Morgan fingerprint density at radius 2 is 1.88 bits per heavy atom. The summed E-state index contributed by atoms with van der Waals surface area (Å²) < 4.78 is 10.5. The Labute approximate surface area is 140 Å². The van der Waals surface area contributed by atoms with Crippen LogP contribution in [0, 0.1) is 5.41 Å². The SMILES string of the molecule is CC(C)(C)[C@@H]1OC(=O)[C@H](CC(=O)O)N1C(=O)OCc1ccccc1. The molecule has 0 spiro atoms. The lowest BCUT2D eigenvalue weighted by Gasteiger charge is -2.33. The Kier molecular flexibility index (Phi) is 5.11. The fourth-order valence-electron chi connectivity index (χ4n) is 2.48. The molecule has 1 aromatic rings. The van der Waals surface area contributed by atoms with Gasteiger partial charge in [-0.2, -0.15) is 0 Å². The van der Waals surface area contributed by atoms with Crippen molar-refractivity contribution in [2.75, 3.05) is 0 Å². The van der Waals surface area contributed by atoms with Crippen molar-refractivity contribution >= 4 is 18.0 Å². The third-order valence-electron chi connectivity index (χ3n) is 3.61. The lowest BCUT2D eigenvalue weighted by molar-refractivity contribution is -0.149. The summed E-state index contributed by atoms with van der Waals surface area (Å²) >= 11 is 0. The van der Waals surface area contributed by atoms with Gasteiger partial charge in [-0.05, 0) is 5.56 Å². The topological polar surface area (TPSA) is 93.1 Å². The number of aliphatic carboxylic acids is 1. The second-order valence-electron chi connectivity index (χ2n) is 6.72. The zero-order valence-corrected chi connectivity index (χ0v) is 13.9. The van der Waals surface area contributed by atoms with Gasteiger partial charge in [0.15, 0.2) is 6.23 Å². The van der Waals surface area contributed by atoms with Crippen LogP contribution in [0.25, 0.3) is 0 Å². The number of carboxylic acids is 1. The first-order valence-electron chi connectivity index (χ1n) is 7.61. The van der Waals surface area contributed by atoms with Crippen LogP contribution in [0.2, 0.25) is 0 Å². The minimum Gasteiger partial charge on any atom is -0.481 e. The van der Waals surface area contributed by atoms with Gasteiger partial charge in [0.1, 0.15) is 12.6 Å². The lowest BCUT2D eigenvalue weighted by Crippen LogP contribution is -2.48. The van der Waals surface area contributed by atoms with Gasteiger partial charge in [0.05, 0.1) is 6.42 Å². The zero-order valence-electron chi connectivity index (χ0n) is 13.9. The predicted molar refractivity (Wildman–Crippen MR) is 83.8 cm³/mol. The standard InChI is InChI=1S/C17H21NO6/c1-17(2,3)15-18(12(9-13(19)20)14(21)24-15)16(22)23-10-11-7-5-4-6-8-11/h4-8,12,15H,9-10H2,1-3H3,(H,19,20)/t12-,15-/m0/s1. The number of hydrogen-bond acceptors (Lipinski definition) is 5. The number of carboxylic acid groups (broad SMARTS) is 1. The highest BCUT2D eigenvalue weighted by Gasteiger charge is 2.51. The summed E-state index contributed by atoms with van der Waals surface area (Å²) in [4.78, 5) is 36.6. The van der Waals surface area contributed by atoms with Gasteiger partial charge in [-0.25, -0.2) is 9.59 Å². The van der Waals surface area contributed by atoms with E-state index >= 15 is 0 Å². The molecule has 0 aliphatic carbocycles. The van der Waals surface area contributed by atoms with E-state index < -0.39 is 42.1 Å². The van der Waals surface area contributed by atoms with Crippen LogP contribution in [0.5, 0.6) is 0 Å². The summed E-state index contributed by atoms with van der Waals surface area (Å²) in [5, 5.41) is 9.00. The van der Waals surface area contributed by atoms with E-state index in [4.69, 9.17) is 14.6 Å². The number of amides is 1. The van der Waals surface area contributed by atoms with E-state index in [2.05, 4.69) is 0 Å². The van der Waals surface area contributed by atoms with Gasteiger partial charge < -0.3 is 14.6 Å². The maximum absolute atomic E-state index is 12.5. The van der Waals surface area contributed by atoms with Gasteiger partial charge in [0.2, 0.25) is 0 Å². The first-order chi connectivity index (χ1) is 11.2. The Morgan fingerprint density at radius 3 is 2.42 bits per heavy atom. The Balaban J connectivity index is 2.17. The second kappa shape index (κ2) is 6.90. The molecule has 1 aromatic carbocycles. The summed E-state index contributed by atoms with van der Waals surface area (Å²) in [5.41, 5.74) is 0.216. The van der Waals surface area contributed by atoms with Crippen molar-refractivity contribution in [3.05, 3.63) is 35.9 Å². The number of hydrogen-bond donors (Lipinski definition) is 1. The smallest absolute Gasteiger partial charge is 0.413 e. The quantitative estimate of drug-likeness (QED) is 0.849. The summed E-state index contributed by atoms with van der Waals surface area (Å²) in [6.45, 7) is 5.42. The molecule has 1 fully saturated rings. The number of benzene rings is 1. The van der Waals surface area contributed by atoms with Crippen LogP contribution in [0.15, 0.2) is 30.3 Å². The number of cyclic esters (lactones) is 1. The number of nitrogens with zero attached hydrogens (tertiary/aromatic N) is 1. The first kappa shape index (κ1) is 17.8. The van der Waals surface area contributed by atoms with Gasteiger partial charge in [0.25, 0.3) is 0 Å². The molecule has 1 aliphatic heterocycles. The van der Waals surface area contributed by atoms with Gasteiger partial charge in [-0.1, -0.05) is 51.1 Å². The van der Waals surface area contributed by atoms with E-state index in [0.29, 0.717) is 0 Å². The van der Waals surface area contributed by atoms with Crippen LogP contribution in [0.3, 0.4) is 0 Å². The van der Waals surface area contributed by atoms with Crippen molar-refractivity contribution in [3.8, 4) is 0 Å². The maximum atomic E-state index is 12.5. The van der Waals surface area contributed by atoms with E-state index in [1.807, 2.05) is 18.2 Å². The number of carbonyl (C=O) groups excluding carboxylic acids is 2. The molecule has 24 heavy (non-hydrogen) atoms. The molecule has 0 bridgehead atoms. The average Bonchev–Trinajstić information content (AvgIpc) is 2.82. The molecule has 1 N–H and O–H groups in total. The molecule has 2 rings (SSSR count). The lowest BCUT2D eigenvalue weighted by atomic mass is 9.93. The number of ether oxygens (including phenoxy) is 2. The van der Waals surface area contributed by atoms with E-state index in [9.17, 15) is 14.4 Å². The molecular formula is C17H21NO6. The highest BCUT2D eigenvalue weighted by atomic mass is 16.6. The van der Waals surface area contributed by atoms with Crippen molar-refractivity contribution in [3.63, 3.8) is 0 Å². The largest absolute Gasteiger partial charge is 0.481 e. The van der Waals surface area contributed by atoms with E-state index in [1.54, 1.807) is 32.9 Å². The number of carbonyl (C=O) groups is 3. The summed E-state index contributed by atoms with van der Waals surface area (Å²) in [6.07, 6.45) is -2.17. The fraction of sp³-hybridized carbons (Fsp3) is 0.471. The molecule has 0 unspecified atom stereocenters. The van der Waals surface area contributed by atoms with Crippen molar-refractivity contribution < 1.29 is 29.0 Å². The van der Waals surface area contributed by atoms with Crippen LogP contribution >= 0.6 is 0 Å². The predicted octanol–water partition coefficient (Wildman–Crippen LogP) is 2.40. The van der Waals surface area contributed by atoms with Crippen molar-refractivity contribution in [1.82, 2.24) is 4.90 Å². The summed E-state index contributed by atoms with van der Waals surface area (Å²) in [6, 6.07) is 7.89. The van der Waals surface area contributed by atoms with E-state index in [1.165, 1.54) is 0 Å². The van der Waals surface area contributed by atoms with Crippen LogP contribution in [0.4, 0.5) is 4.79 Å². The molecule has 1 amide bonds. The van der Waals surface area contributed by atoms with Crippen LogP contribution in [-0.4, -0.2) is 40.3 Å². The second-order valence-corrected chi connectivity index (χ2v) is 6.72. The fourth-order valence-corrected chi connectivity index (χ4v) is 2.48. The van der Waals surface area contributed by atoms with Crippen molar-refractivity contribution in [2.24, 2.45) is 5.41 Å². The molecule has 1 aliphatic rings. The van der Waals surface area contributed by atoms with Crippen LogP contribution < -0.4 is 0 Å². The van der Waals surface area contributed by atoms with Crippen LogP contribution in [0.1, 0.15) is 32.8 Å². The first-order valence-corrected chi connectivity index (χ1v) is 7.61. The monoisotopic (exact) mass is 335 g/mol. The molecular weight excluding hydrogens is 314 g/mol. The molecule has 0 radical (unpaired) electrons. The third-order valence-corrected chi connectivity index (χ3v) is 3.61. The molecule has 0 aromatic heterocycles. The normalized spacial score (nSPS) is 20.6. The number of rotatable bonds is 4. The summed E-state index contributed by atoms with van der Waals surface area (Å²) in [7, 11) is 0. The Hall–Kier alpha value is -2.57. The molecule has 1 saturated heterocycles. The van der Waals surface area contributed by atoms with E-state index in [-0.39, 0.29) is 6.61 Å². The molecule has 2 atom stereocenters. The molecule has 1 heterocycles. The third kappa shape index (κ3) is 4.04. The maximum Gasteiger partial charge on any atom is 0.413 e. The molecule has 7 heteroatoms. The Morgan fingerprint density at radius 1 is 1.25 bits per heavy atom. The minimum atomic E-state index is -1.19. The molecule has 0 saturated carbocycles. The zero-order chi connectivity index (χ0) is 17.9. The molecule has 7 nitrogen and oxygen atoms in total. The van der Waals surface area contributed by atoms with Gasteiger partial charge in [-0.15, -0.1) is 0 Å². The summed E-state index contributed by atoms with van der Waals surface area (Å²) in [5.74, 6) is -1.92. The van der Waals surface area contributed by atoms with Gasteiger partial charge in [-0.3, -0.25) is 9.69 Å². The average molecular weight is 335 g/mol. The van der Waals surface area contributed by atoms with Crippen molar-refractivity contribution in [1.29, 1.82) is 0 Å². The Bertz CT molecular complexity index is 622. The van der Waals surface area contributed by atoms with Gasteiger partial charge >= 0.3 is 18.0 Å². The van der Waals surface area contributed by atoms with E-state index in [0.717, 1.165) is 10.5 Å². The highest BCUT2D eigenvalue weighted by molar-refractivity contribution is 5.88. The molecule has 130 valence electrons.